The number of esters is 1. The van der Waals surface area contributed by atoms with Crippen molar-refractivity contribution >= 4 is 29.2 Å². The highest BCUT2D eigenvalue weighted by Gasteiger charge is 2.40. The number of alkyl halides is 1. The highest BCUT2D eigenvalue weighted by Crippen LogP contribution is 2.32. The standard InChI is InChI=1S/C12H11Cl2NO3/c1-17-11(16)10-6-15-12(7-13,18-10)8-2-4-9(14)5-3-8/h2-6,15H,7H2,1H3. The van der Waals surface area contributed by atoms with Crippen LogP contribution in [0.1, 0.15) is 5.56 Å². The van der Waals surface area contributed by atoms with Crippen LogP contribution in [0, 0.1) is 0 Å². The van der Waals surface area contributed by atoms with Crippen molar-refractivity contribution in [3.63, 3.8) is 0 Å². The highest BCUT2D eigenvalue weighted by atomic mass is 35.5. The summed E-state index contributed by atoms with van der Waals surface area (Å²) in [5, 5.41) is 3.57. The average molecular weight is 288 g/mol. The molecule has 96 valence electrons. The maximum Gasteiger partial charge on any atom is 0.374 e. The molecule has 0 saturated heterocycles. The lowest BCUT2D eigenvalue weighted by Crippen LogP contribution is -2.39. The maximum absolute atomic E-state index is 11.4. The lowest BCUT2D eigenvalue weighted by atomic mass is 10.1. The van der Waals surface area contributed by atoms with Gasteiger partial charge in [0.05, 0.1) is 19.2 Å². The molecule has 1 aromatic carbocycles. The van der Waals surface area contributed by atoms with Crippen LogP contribution in [0.2, 0.25) is 5.02 Å². The molecular weight excluding hydrogens is 277 g/mol. The van der Waals surface area contributed by atoms with Gasteiger partial charge < -0.3 is 14.8 Å². The van der Waals surface area contributed by atoms with Gasteiger partial charge in [-0.05, 0) is 12.1 Å². The number of methoxy groups -OCH3 is 1. The lowest BCUT2D eigenvalue weighted by Gasteiger charge is -2.28. The molecule has 1 aliphatic heterocycles. The number of nitrogens with one attached hydrogen (secondary N) is 1. The van der Waals surface area contributed by atoms with E-state index in [0.717, 1.165) is 5.56 Å². The van der Waals surface area contributed by atoms with Crippen molar-refractivity contribution < 1.29 is 14.3 Å². The molecule has 1 atom stereocenters. The summed E-state index contributed by atoms with van der Waals surface area (Å²) in [7, 11) is 1.29. The molecule has 0 radical (unpaired) electrons. The molecule has 1 N–H and O–H groups in total. The zero-order valence-corrected chi connectivity index (χ0v) is 11.1. The Bertz CT molecular complexity index is 487. The molecule has 0 saturated carbocycles. The summed E-state index contributed by atoms with van der Waals surface area (Å²) in [5.74, 6) is -0.331. The Labute approximate surface area is 114 Å². The molecule has 1 unspecified atom stereocenters. The van der Waals surface area contributed by atoms with E-state index in [0.29, 0.717) is 5.02 Å². The lowest BCUT2D eigenvalue weighted by molar-refractivity contribution is -0.142. The van der Waals surface area contributed by atoms with Crippen LogP contribution < -0.4 is 5.32 Å². The minimum atomic E-state index is -0.963. The van der Waals surface area contributed by atoms with Crippen molar-refractivity contribution in [3.05, 3.63) is 46.8 Å². The number of benzene rings is 1. The molecule has 1 heterocycles. The Morgan fingerprint density at radius 2 is 2.11 bits per heavy atom. The number of carbonyl (C=O) groups excluding carboxylic acids is 1. The minimum absolute atomic E-state index is 0.0908. The molecule has 0 aromatic heterocycles. The van der Waals surface area contributed by atoms with Crippen LogP contribution in [0.4, 0.5) is 0 Å². The Morgan fingerprint density at radius 1 is 1.44 bits per heavy atom. The first-order chi connectivity index (χ1) is 8.61. The predicted octanol–water partition coefficient (Wildman–Crippen LogP) is 2.37. The van der Waals surface area contributed by atoms with Crippen LogP contribution in [-0.2, 0) is 20.0 Å². The number of ether oxygens (including phenoxy) is 2. The monoisotopic (exact) mass is 287 g/mol. The molecular formula is C12H11Cl2NO3. The molecule has 18 heavy (non-hydrogen) atoms. The first kappa shape index (κ1) is 13.1. The van der Waals surface area contributed by atoms with Gasteiger partial charge in [0.2, 0.25) is 11.5 Å². The molecule has 0 spiro atoms. The van der Waals surface area contributed by atoms with Crippen LogP contribution in [0.5, 0.6) is 0 Å². The summed E-state index contributed by atoms with van der Waals surface area (Å²) in [6.45, 7) is 0. The third-order valence-electron chi connectivity index (χ3n) is 2.61. The zero-order valence-electron chi connectivity index (χ0n) is 9.57. The summed E-state index contributed by atoms with van der Waals surface area (Å²) < 4.78 is 10.2. The van der Waals surface area contributed by atoms with E-state index in [1.807, 2.05) is 0 Å². The number of rotatable bonds is 3. The van der Waals surface area contributed by atoms with E-state index in [1.165, 1.54) is 13.3 Å². The summed E-state index contributed by atoms with van der Waals surface area (Å²) in [6, 6.07) is 7.02. The summed E-state index contributed by atoms with van der Waals surface area (Å²) >= 11 is 11.8. The average Bonchev–Trinajstić information content (AvgIpc) is 2.84. The van der Waals surface area contributed by atoms with Crippen molar-refractivity contribution in [1.29, 1.82) is 0 Å². The molecule has 6 heteroatoms. The van der Waals surface area contributed by atoms with Gasteiger partial charge in [0.1, 0.15) is 0 Å². The third-order valence-corrected chi connectivity index (χ3v) is 3.23. The van der Waals surface area contributed by atoms with Gasteiger partial charge in [-0.25, -0.2) is 4.79 Å². The fourth-order valence-electron chi connectivity index (χ4n) is 1.63. The topological polar surface area (TPSA) is 47.6 Å². The van der Waals surface area contributed by atoms with Crippen LogP contribution in [0.3, 0.4) is 0 Å². The second-order valence-electron chi connectivity index (χ2n) is 3.71. The fraction of sp³-hybridized carbons (Fsp3) is 0.250. The van der Waals surface area contributed by atoms with E-state index in [9.17, 15) is 4.79 Å². The molecule has 0 fully saturated rings. The van der Waals surface area contributed by atoms with Gasteiger partial charge in [0.25, 0.3) is 0 Å². The molecule has 0 bridgehead atoms. The first-order valence-corrected chi connectivity index (χ1v) is 6.10. The van der Waals surface area contributed by atoms with Crippen LogP contribution >= 0.6 is 23.2 Å². The van der Waals surface area contributed by atoms with Crippen molar-refractivity contribution in [2.24, 2.45) is 0 Å². The smallest absolute Gasteiger partial charge is 0.374 e. The van der Waals surface area contributed by atoms with Crippen molar-refractivity contribution in [1.82, 2.24) is 5.32 Å². The predicted molar refractivity (Wildman–Crippen MR) is 68.2 cm³/mol. The van der Waals surface area contributed by atoms with Gasteiger partial charge in [-0.1, -0.05) is 23.7 Å². The van der Waals surface area contributed by atoms with Crippen LogP contribution in [-0.4, -0.2) is 19.0 Å². The second kappa shape index (κ2) is 5.08. The SMILES string of the molecule is COC(=O)C1=CNC(CCl)(c2ccc(Cl)cc2)O1. The number of hydrogen-bond donors (Lipinski definition) is 1. The molecule has 0 aliphatic carbocycles. The normalized spacial score (nSPS) is 21.8. The van der Waals surface area contributed by atoms with E-state index < -0.39 is 11.7 Å². The van der Waals surface area contributed by atoms with Crippen molar-refractivity contribution in [3.8, 4) is 0 Å². The van der Waals surface area contributed by atoms with Gasteiger partial charge in [0.15, 0.2) is 0 Å². The number of halogens is 2. The van der Waals surface area contributed by atoms with E-state index >= 15 is 0 Å². The van der Waals surface area contributed by atoms with Gasteiger partial charge in [-0.3, -0.25) is 0 Å². The Morgan fingerprint density at radius 3 is 2.67 bits per heavy atom. The number of carbonyl (C=O) groups is 1. The molecule has 4 nitrogen and oxygen atoms in total. The second-order valence-corrected chi connectivity index (χ2v) is 4.42. The molecule has 1 aliphatic rings. The molecule has 1 aromatic rings. The fourth-order valence-corrected chi connectivity index (χ4v) is 2.05. The van der Waals surface area contributed by atoms with Crippen molar-refractivity contribution in [2.75, 3.05) is 13.0 Å². The van der Waals surface area contributed by atoms with Gasteiger partial charge in [0, 0.05) is 10.6 Å². The Kier molecular flexibility index (Phi) is 3.68. The molecule has 0 amide bonds. The summed E-state index contributed by atoms with van der Waals surface area (Å²) in [6.07, 6.45) is 1.45. The molecule has 2 rings (SSSR count). The summed E-state index contributed by atoms with van der Waals surface area (Å²) in [5.41, 5.74) is -0.188. The summed E-state index contributed by atoms with van der Waals surface area (Å²) in [4.78, 5) is 11.4. The zero-order chi connectivity index (χ0) is 13.2. The maximum atomic E-state index is 11.4. The third kappa shape index (κ3) is 2.26. The highest BCUT2D eigenvalue weighted by molar-refractivity contribution is 6.30. The van der Waals surface area contributed by atoms with Crippen molar-refractivity contribution in [2.45, 2.75) is 5.72 Å². The van der Waals surface area contributed by atoms with Gasteiger partial charge in [-0.15, -0.1) is 11.6 Å². The van der Waals surface area contributed by atoms with E-state index in [-0.39, 0.29) is 11.6 Å². The Hall–Kier alpha value is -1.39. The van der Waals surface area contributed by atoms with Gasteiger partial charge in [-0.2, -0.15) is 0 Å². The van der Waals surface area contributed by atoms with E-state index in [2.05, 4.69) is 10.1 Å². The minimum Gasteiger partial charge on any atom is -0.463 e. The number of hydrogen-bond acceptors (Lipinski definition) is 4. The Balaban J connectivity index is 2.25. The van der Waals surface area contributed by atoms with Gasteiger partial charge >= 0.3 is 5.97 Å². The quantitative estimate of drug-likeness (QED) is 0.685. The largest absolute Gasteiger partial charge is 0.463 e. The first-order valence-electron chi connectivity index (χ1n) is 5.18. The van der Waals surface area contributed by atoms with E-state index in [1.54, 1.807) is 24.3 Å². The van der Waals surface area contributed by atoms with E-state index in [4.69, 9.17) is 27.9 Å². The van der Waals surface area contributed by atoms with Crippen LogP contribution in [0.25, 0.3) is 0 Å². The van der Waals surface area contributed by atoms with Crippen LogP contribution in [0.15, 0.2) is 36.2 Å².